The largest absolute Gasteiger partial charge is 0.351 e. The first-order valence-corrected chi connectivity index (χ1v) is 9.22. The van der Waals surface area contributed by atoms with Gasteiger partial charge in [0.05, 0.1) is 24.2 Å². The normalized spacial score (nSPS) is 22.7. The van der Waals surface area contributed by atoms with Gasteiger partial charge in [0.1, 0.15) is 5.82 Å². The first-order chi connectivity index (χ1) is 13.0. The van der Waals surface area contributed by atoms with Gasteiger partial charge >= 0.3 is 0 Å². The third-order valence-electron chi connectivity index (χ3n) is 5.12. The minimum absolute atomic E-state index is 0.0491. The van der Waals surface area contributed by atoms with E-state index < -0.39 is 0 Å². The SMILES string of the molecule is Cc1cc(NC(=O)CN2C[C@@H](NC(=O)C3CC3)[C@H](c3nccn3C)C2)on1. The molecule has 9 heteroatoms. The lowest BCUT2D eigenvalue weighted by Crippen LogP contribution is -2.41. The third-order valence-corrected chi connectivity index (χ3v) is 5.12. The molecule has 0 aromatic carbocycles. The Morgan fingerprint density at radius 1 is 1.33 bits per heavy atom. The number of hydrogen-bond acceptors (Lipinski definition) is 6. The fourth-order valence-corrected chi connectivity index (χ4v) is 3.61. The fraction of sp³-hybridized carbons (Fsp3) is 0.556. The van der Waals surface area contributed by atoms with Crippen LogP contribution in [-0.2, 0) is 16.6 Å². The summed E-state index contributed by atoms with van der Waals surface area (Å²) in [6, 6.07) is 1.62. The van der Waals surface area contributed by atoms with E-state index in [1.54, 1.807) is 19.2 Å². The second-order valence-electron chi connectivity index (χ2n) is 7.47. The first kappa shape index (κ1) is 17.7. The van der Waals surface area contributed by atoms with Crippen molar-refractivity contribution in [1.29, 1.82) is 0 Å². The van der Waals surface area contributed by atoms with Crippen LogP contribution in [0, 0.1) is 12.8 Å². The standard InChI is InChI=1S/C18H24N6O3/c1-11-7-16(27-22-11)21-15(25)10-24-8-13(17-19-5-6-23(17)2)14(9-24)20-18(26)12-3-4-12/h5-7,12-14H,3-4,8-10H2,1-2H3,(H,20,26)(H,21,25)/t13-,14-/m1/s1. The molecule has 2 aromatic heterocycles. The maximum absolute atomic E-state index is 12.3. The van der Waals surface area contributed by atoms with E-state index in [4.69, 9.17) is 4.52 Å². The molecule has 27 heavy (non-hydrogen) atoms. The Morgan fingerprint density at radius 3 is 2.78 bits per heavy atom. The van der Waals surface area contributed by atoms with Gasteiger partial charge in [-0.2, -0.15) is 0 Å². The van der Waals surface area contributed by atoms with Crippen LogP contribution in [0.4, 0.5) is 5.88 Å². The van der Waals surface area contributed by atoms with Gasteiger partial charge in [-0.1, -0.05) is 5.16 Å². The minimum atomic E-state index is -0.168. The maximum atomic E-state index is 12.3. The van der Waals surface area contributed by atoms with Crippen LogP contribution in [0.25, 0.3) is 0 Å². The van der Waals surface area contributed by atoms with E-state index in [9.17, 15) is 9.59 Å². The summed E-state index contributed by atoms with van der Waals surface area (Å²) < 4.78 is 7.01. The van der Waals surface area contributed by atoms with Gasteiger partial charge in [-0.25, -0.2) is 4.98 Å². The molecule has 1 aliphatic carbocycles. The van der Waals surface area contributed by atoms with Gasteiger partial charge in [-0.05, 0) is 19.8 Å². The lowest BCUT2D eigenvalue weighted by Gasteiger charge is -2.19. The molecule has 0 bridgehead atoms. The topological polar surface area (TPSA) is 105 Å². The Morgan fingerprint density at radius 2 is 2.15 bits per heavy atom. The van der Waals surface area contributed by atoms with Gasteiger partial charge in [0.15, 0.2) is 0 Å². The number of amides is 2. The molecule has 2 aliphatic rings. The van der Waals surface area contributed by atoms with Crippen LogP contribution in [-0.4, -0.2) is 57.1 Å². The highest BCUT2D eigenvalue weighted by Gasteiger charge is 2.40. The van der Waals surface area contributed by atoms with Crippen molar-refractivity contribution in [2.45, 2.75) is 31.7 Å². The van der Waals surface area contributed by atoms with Crippen molar-refractivity contribution < 1.29 is 14.1 Å². The minimum Gasteiger partial charge on any atom is -0.351 e. The van der Waals surface area contributed by atoms with E-state index in [2.05, 4.69) is 20.8 Å². The molecule has 4 rings (SSSR count). The molecule has 0 spiro atoms. The Labute approximate surface area is 157 Å². The number of carbonyl (C=O) groups excluding carboxylic acids is 2. The Balaban J connectivity index is 1.42. The number of aromatic nitrogens is 3. The summed E-state index contributed by atoms with van der Waals surface area (Å²) in [5.74, 6) is 1.41. The zero-order valence-electron chi connectivity index (χ0n) is 15.5. The number of aryl methyl sites for hydroxylation is 2. The summed E-state index contributed by atoms with van der Waals surface area (Å²) >= 11 is 0. The quantitative estimate of drug-likeness (QED) is 0.771. The van der Waals surface area contributed by atoms with Crippen molar-refractivity contribution >= 4 is 17.7 Å². The smallest absolute Gasteiger partial charge is 0.240 e. The molecular weight excluding hydrogens is 348 g/mol. The highest BCUT2D eigenvalue weighted by molar-refractivity contribution is 5.91. The van der Waals surface area contributed by atoms with E-state index in [0.717, 1.165) is 18.7 Å². The second kappa shape index (κ2) is 7.15. The Bertz CT molecular complexity index is 840. The zero-order valence-corrected chi connectivity index (χ0v) is 15.5. The van der Waals surface area contributed by atoms with E-state index in [0.29, 0.717) is 24.7 Å². The molecule has 144 valence electrons. The van der Waals surface area contributed by atoms with Crippen molar-refractivity contribution in [3.8, 4) is 0 Å². The third kappa shape index (κ3) is 4.02. The Kier molecular flexibility index (Phi) is 4.69. The molecule has 1 saturated heterocycles. The summed E-state index contributed by atoms with van der Waals surface area (Å²) in [6.45, 7) is 3.28. The summed E-state index contributed by atoms with van der Waals surface area (Å²) in [5.41, 5.74) is 0.712. The van der Waals surface area contributed by atoms with Gasteiger partial charge in [-0.3, -0.25) is 19.8 Å². The van der Waals surface area contributed by atoms with Crippen LogP contribution in [0.15, 0.2) is 23.0 Å². The predicted molar refractivity (Wildman–Crippen MR) is 96.9 cm³/mol. The summed E-state index contributed by atoms with van der Waals surface area (Å²) in [7, 11) is 1.95. The zero-order chi connectivity index (χ0) is 19.0. The predicted octanol–water partition coefficient (Wildman–Crippen LogP) is 0.649. The van der Waals surface area contributed by atoms with Crippen molar-refractivity contribution in [3.63, 3.8) is 0 Å². The van der Waals surface area contributed by atoms with Crippen molar-refractivity contribution in [1.82, 2.24) is 24.9 Å². The first-order valence-electron chi connectivity index (χ1n) is 9.22. The van der Waals surface area contributed by atoms with Gasteiger partial charge in [0, 0.05) is 44.5 Å². The molecule has 2 N–H and O–H groups in total. The Hall–Kier alpha value is -2.68. The summed E-state index contributed by atoms with van der Waals surface area (Å²) in [5, 5.41) is 9.65. The average Bonchev–Trinajstić information content (AvgIpc) is 3.11. The maximum Gasteiger partial charge on any atom is 0.240 e. The van der Waals surface area contributed by atoms with Crippen molar-refractivity contribution in [3.05, 3.63) is 30.0 Å². The molecule has 2 amide bonds. The number of rotatable bonds is 6. The molecule has 0 radical (unpaired) electrons. The van der Waals surface area contributed by atoms with E-state index in [1.165, 1.54) is 0 Å². The van der Waals surface area contributed by atoms with Crippen LogP contribution in [0.5, 0.6) is 0 Å². The number of imidazole rings is 1. The second-order valence-corrected chi connectivity index (χ2v) is 7.47. The molecule has 1 aliphatic heterocycles. The van der Waals surface area contributed by atoms with Gasteiger partial charge in [0.25, 0.3) is 0 Å². The van der Waals surface area contributed by atoms with Gasteiger partial charge < -0.3 is 14.4 Å². The number of carbonyl (C=O) groups is 2. The molecule has 2 aromatic rings. The number of nitrogens with zero attached hydrogens (tertiary/aromatic N) is 4. The number of likely N-dealkylation sites (tertiary alicyclic amines) is 1. The highest BCUT2D eigenvalue weighted by Crippen LogP contribution is 2.31. The number of anilines is 1. The molecule has 9 nitrogen and oxygen atoms in total. The molecule has 1 saturated carbocycles. The highest BCUT2D eigenvalue weighted by atomic mass is 16.5. The van der Waals surface area contributed by atoms with Crippen molar-refractivity contribution in [2.24, 2.45) is 13.0 Å². The number of hydrogen-bond donors (Lipinski definition) is 2. The summed E-state index contributed by atoms with van der Waals surface area (Å²) in [6.07, 6.45) is 5.59. The van der Waals surface area contributed by atoms with Gasteiger partial charge in [0.2, 0.25) is 17.7 Å². The van der Waals surface area contributed by atoms with Crippen LogP contribution >= 0.6 is 0 Å². The van der Waals surface area contributed by atoms with Crippen LogP contribution in [0.1, 0.15) is 30.3 Å². The molecule has 2 atom stereocenters. The monoisotopic (exact) mass is 372 g/mol. The van der Waals surface area contributed by atoms with Crippen LogP contribution in [0.3, 0.4) is 0 Å². The van der Waals surface area contributed by atoms with E-state index in [-0.39, 0.29) is 36.2 Å². The van der Waals surface area contributed by atoms with E-state index >= 15 is 0 Å². The average molecular weight is 372 g/mol. The lowest BCUT2D eigenvalue weighted by molar-refractivity contribution is -0.123. The molecule has 3 heterocycles. The van der Waals surface area contributed by atoms with Gasteiger partial charge in [-0.15, -0.1) is 0 Å². The number of nitrogens with one attached hydrogen (secondary N) is 2. The van der Waals surface area contributed by atoms with Crippen LogP contribution in [0.2, 0.25) is 0 Å². The fourth-order valence-electron chi connectivity index (χ4n) is 3.61. The van der Waals surface area contributed by atoms with Crippen molar-refractivity contribution in [2.75, 3.05) is 25.0 Å². The molecular formula is C18H24N6O3. The van der Waals surface area contributed by atoms with Crippen LogP contribution < -0.4 is 10.6 Å². The molecule has 0 unspecified atom stereocenters. The van der Waals surface area contributed by atoms with E-state index in [1.807, 2.05) is 22.7 Å². The summed E-state index contributed by atoms with van der Waals surface area (Å²) in [4.78, 5) is 31.1. The molecule has 2 fully saturated rings. The lowest BCUT2D eigenvalue weighted by atomic mass is 10.0.